The molecule has 0 aliphatic rings. The molecule has 17 heavy (non-hydrogen) atoms. The van der Waals surface area contributed by atoms with Crippen molar-refractivity contribution in [3.63, 3.8) is 0 Å². The maximum absolute atomic E-state index is 10.5. The van der Waals surface area contributed by atoms with Gasteiger partial charge in [0, 0.05) is 22.8 Å². The Bertz CT molecular complexity index is 622. The van der Waals surface area contributed by atoms with Gasteiger partial charge in [-0.3, -0.25) is 0 Å². The Morgan fingerprint density at radius 1 is 1.24 bits per heavy atom. The first-order valence-corrected chi connectivity index (χ1v) is 6.95. The van der Waals surface area contributed by atoms with E-state index in [0.29, 0.717) is 12.8 Å². The topological polar surface area (TPSA) is 71.3 Å². The normalized spacial score (nSPS) is 11.8. The molecule has 0 bridgehead atoms. The van der Waals surface area contributed by atoms with E-state index < -0.39 is 10.1 Å². The van der Waals surface area contributed by atoms with Gasteiger partial charge in [-0.05, 0) is 25.0 Å². The van der Waals surface area contributed by atoms with Crippen molar-refractivity contribution >= 4 is 21.0 Å². The second-order valence-corrected chi connectivity index (χ2v) is 5.48. The zero-order chi connectivity index (χ0) is 12.3. The van der Waals surface area contributed by atoms with Gasteiger partial charge in [0.05, 0.1) is 10.1 Å². The molecule has 1 N–H and O–H groups in total. The Kier molecular flexibility index (Phi) is 3.40. The number of pyridine rings is 1. The summed E-state index contributed by atoms with van der Waals surface area (Å²) in [5, 5.41) is 1.08. The van der Waals surface area contributed by atoms with Crippen LogP contribution in [0.3, 0.4) is 0 Å². The number of hydrogen-bond donors (Lipinski definition) is 0. The minimum Gasteiger partial charge on any atom is -0.748 e. The van der Waals surface area contributed by atoms with Gasteiger partial charge in [0.15, 0.2) is 6.20 Å². The largest absolute Gasteiger partial charge is 0.748 e. The molecule has 0 unspecified atom stereocenters. The van der Waals surface area contributed by atoms with E-state index in [4.69, 9.17) is 0 Å². The molecule has 1 heterocycles. The lowest BCUT2D eigenvalue weighted by Crippen LogP contribution is -2.08. The van der Waals surface area contributed by atoms with Gasteiger partial charge in [0.1, 0.15) is 0 Å². The highest BCUT2D eigenvalue weighted by atomic mass is 32.2. The van der Waals surface area contributed by atoms with Gasteiger partial charge in [-0.1, -0.05) is 12.1 Å². The van der Waals surface area contributed by atoms with Crippen molar-refractivity contribution < 1.29 is 18.0 Å². The van der Waals surface area contributed by atoms with E-state index in [1.165, 1.54) is 0 Å². The van der Waals surface area contributed by atoms with Crippen LogP contribution >= 0.6 is 0 Å². The average Bonchev–Trinajstić information content (AvgIpc) is 2.27. The molecular formula is C12H13NO3S. The molecule has 0 aliphatic carbocycles. The first-order valence-electron chi connectivity index (χ1n) is 5.37. The molecule has 0 fully saturated rings. The molecule has 1 aromatic heterocycles. The van der Waals surface area contributed by atoms with Crippen LogP contribution in [-0.4, -0.2) is 18.7 Å². The summed E-state index contributed by atoms with van der Waals surface area (Å²) >= 11 is 0. The molecule has 5 heteroatoms. The van der Waals surface area contributed by atoms with E-state index in [9.17, 15) is 13.0 Å². The lowest BCUT2D eigenvalue weighted by atomic mass is 10.1. The molecule has 0 atom stereocenters. The summed E-state index contributed by atoms with van der Waals surface area (Å²) in [4.78, 5) is 3.14. The molecule has 90 valence electrons. The fourth-order valence-corrected chi connectivity index (χ4v) is 2.26. The zero-order valence-electron chi connectivity index (χ0n) is 9.22. The molecule has 2 rings (SSSR count). The van der Waals surface area contributed by atoms with Crippen LogP contribution in [0.25, 0.3) is 10.9 Å². The Morgan fingerprint density at radius 3 is 2.76 bits per heavy atom. The first kappa shape index (κ1) is 12.0. The quantitative estimate of drug-likeness (QED) is 0.765. The highest BCUT2D eigenvalue weighted by molar-refractivity contribution is 7.85. The fourth-order valence-electron chi connectivity index (χ4n) is 1.76. The fraction of sp³-hybridized carbons (Fsp3) is 0.250. The summed E-state index contributed by atoms with van der Waals surface area (Å²) in [5.74, 6) is -0.306. The van der Waals surface area contributed by atoms with E-state index in [2.05, 4.69) is 4.98 Å². The maximum atomic E-state index is 10.5. The summed E-state index contributed by atoms with van der Waals surface area (Å²) in [6.07, 6.45) is 2.79. The van der Waals surface area contributed by atoms with Gasteiger partial charge in [-0.2, -0.15) is 0 Å². The highest BCUT2D eigenvalue weighted by Gasteiger charge is 2.03. The maximum Gasteiger partial charge on any atom is 0.210 e. The van der Waals surface area contributed by atoms with Crippen LogP contribution in [0, 0.1) is 0 Å². The van der Waals surface area contributed by atoms with Crippen molar-refractivity contribution in [2.75, 3.05) is 5.75 Å². The zero-order valence-corrected chi connectivity index (χ0v) is 10.0. The van der Waals surface area contributed by atoms with Gasteiger partial charge in [0.25, 0.3) is 0 Å². The lowest BCUT2D eigenvalue weighted by Gasteiger charge is -2.05. The standard InChI is InChI=1S/C12H13NO3S/c14-17(15,16)7-3-4-10-8-11-5-1-2-6-12(11)13-9-10/h1-2,5-6,8-9H,3-4,7H2,(H,14,15,16). The second kappa shape index (κ2) is 4.81. The van der Waals surface area contributed by atoms with Crippen molar-refractivity contribution in [1.82, 2.24) is 0 Å². The number of H-pyrrole nitrogens is 1. The Morgan fingerprint density at radius 2 is 2.00 bits per heavy atom. The van der Waals surface area contributed by atoms with Crippen molar-refractivity contribution in [3.8, 4) is 0 Å². The Hall–Kier alpha value is -1.46. The third-order valence-corrected chi connectivity index (χ3v) is 3.36. The number of para-hydroxylation sites is 1. The monoisotopic (exact) mass is 251 g/mol. The van der Waals surface area contributed by atoms with Crippen LogP contribution in [0.15, 0.2) is 36.5 Å². The number of benzene rings is 1. The number of hydrogen-bond acceptors (Lipinski definition) is 3. The van der Waals surface area contributed by atoms with Crippen molar-refractivity contribution in [2.45, 2.75) is 12.8 Å². The van der Waals surface area contributed by atoms with Crippen LogP contribution in [0.5, 0.6) is 0 Å². The molecule has 2 aromatic rings. The van der Waals surface area contributed by atoms with Gasteiger partial charge in [-0.25, -0.2) is 13.4 Å². The van der Waals surface area contributed by atoms with E-state index in [-0.39, 0.29) is 5.75 Å². The van der Waals surface area contributed by atoms with E-state index in [1.807, 2.05) is 36.5 Å². The third kappa shape index (κ3) is 3.51. The number of aromatic amines is 1. The molecule has 0 saturated carbocycles. The van der Waals surface area contributed by atoms with Crippen molar-refractivity contribution in [3.05, 3.63) is 42.1 Å². The van der Waals surface area contributed by atoms with Crippen molar-refractivity contribution in [1.29, 1.82) is 0 Å². The number of nitrogens with one attached hydrogen (secondary N) is 1. The summed E-state index contributed by atoms with van der Waals surface area (Å²) in [6.45, 7) is 0. The Balaban J connectivity index is 2.09. The number of rotatable bonds is 4. The third-order valence-electron chi connectivity index (χ3n) is 2.57. The molecular weight excluding hydrogens is 238 g/mol. The number of aryl methyl sites for hydroxylation is 1. The van der Waals surface area contributed by atoms with E-state index in [0.717, 1.165) is 16.5 Å². The SMILES string of the molecule is O=S(=O)([O-])CCCc1c[nH+]c2ccccc2c1. The van der Waals surface area contributed by atoms with Crippen LogP contribution in [0.2, 0.25) is 0 Å². The molecule has 0 saturated heterocycles. The van der Waals surface area contributed by atoms with Gasteiger partial charge >= 0.3 is 0 Å². The van der Waals surface area contributed by atoms with Gasteiger partial charge in [-0.15, -0.1) is 0 Å². The van der Waals surface area contributed by atoms with Gasteiger partial charge in [0.2, 0.25) is 5.52 Å². The van der Waals surface area contributed by atoms with Crippen molar-refractivity contribution in [2.24, 2.45) is 0 Å². The van der Waals surface area contributed by atoms with E-state index >= 15 is 0 Å². The summed E-state index contributed by atoms with van der Waals surface area (Å²) in [7, 11) is -4.10. The van der Waals surface area contributed by atoms with Gasteiger partial charge < -0.3 is 4.55 Å². The Labute approximate surface area is 100 Å². The minimum absolute atomic E-state index is 0.306. The number of aromatic nitrogens is 1. The lowest BCUT2D eigenvalue weighted by molar-refractivity contribution is -0.345. The first-order chi connectivity index (χ1) is 8.04. The second-order valence-electron chi connectivity index (χ2n) is 3.96. The molecule has 1 aromatic carbocycles. The molecule has 0 aliphatic heterocycles. The summed E-state index contributed by atoms with van der Waals surface area (Å²) < 4.78 is 31.4. The summed E-state index contributed by atoms with van der Waals surface area (Å²) in [5.41, 5.74) is 2.04. The number of fused-ring (bicyclic) bond motifs is 1. The molecule has 0 amide bonds. The average molecular weight is 251 g/mol. The molecule has 0 radical (unpaired) electrons. The van der Waals surface area contributed by atoms with E-state index in [1.54, 1.807) is 0 Å². The molecule has 0 spiro atoms. The van der Waals surface area contributed by atoms with Crippen LogP contribution in [0.1, 0.15) is 12.0 Å². The summed E-state index contributed by atoms with van der Waals surface area (Å²) in [6, 6.07) is 9.86. The van der Waals surface area contributed by atoms with Crippen LogP contribution in [0.4, 0.5) is 0 Å². The van der Waals surface area contributed by atoms with Crippen LogP contribution in [-0.2, 0) is 16.5 Å². The predicted molar refractivity (Wildman–Crippen MR) is 63.4 cm³/mol. The van der Waals surface area contributed by atoms with Crippen LogP contribution < -0.4 is 4.98 Å². The smallest absolute Gasteiger partial charge is 0.210 e. The molecule has 4 nitrogen and oxygen atoms in total. The minimum atomic E-state index is -4.10. The predicted octanol–water partition coefficient (Wildman–Crippen LogP) is 1.13. The highest BCUT2D eigenvalue weighted by Crippen LogP contribution is 2.11.